The molecule has 0 aliphatic heterocycles. The van der Waals surface area contributed by atoms with E-state index in [0.717, 1.165) is 25.2 Å². The molecule has 3 nitrogen and oxygen atoms in total. The second-order valence-electron chi connectivity index (χ2n) is 3.90. The number of nitrogens with two attached hydrogens (primary N) is 1. The number of hydrogen-bond acceptors (Lipinski definition) is 3. The summed E-state index contributed by atoms with van der Waals surface area (Å²) in [6.45, 7) is 3.45. The smallest absolute Gasteiger partial charge is 0.119 e. The summed E-state index contributed by atoms with van der Waals surface area (Å²) in [5.74, 6) is 0.912. The zero-order valence-electron chi connectivity index (χ0n) is 10.1. The molecule has 0 bridgehead atoms. The van der Waals surface area contributed by atoms with E-state index in [9.17, 15) is 0 Å². The van der Waals surface area contributed by atoms with Crippen LogP contribution in [0.1, 0.15) is 18.9 Å². The van der Waals surface area contributed by atoms with Gasteiger partial charge in [-0.05, 0) is 37.6 Å². The topological polar surface area (TPSA) is 44.5 Å². The minimum Gasteiger partial charge on any atom is -0.491 e. The predicted molar refractivity (Wildman–Crippen MR) is 65.8 cm³/mol. The molecule has 1 unspecified atom stereocenters. The molecule has 1 aromatic rings. The Labute approximate surface area is 97.6 Å². The first-order chi connectivity index (χ1) is 7.76. The molecule has 90 valence electrons. The monoisotopic (exact) mass is 223 g/mol. The minimum atomic E-state index is 0.174. The zero-order chi connectivity index (χ0) is 11.8. The van der Waals surface area contributed by atoms with Crippen LogP contribution in [-0.2, 0) is 11.2 Å². The Hall–Kier alpha value is -1.06. The highest BCUT2D eigenvalue weighted by Crippen LogP contribution is 2.16. The first-order valence-corrected chi connectivity index (χ1v) is 5.71. The predicted octanol–water partition coefficient (Wildman–Crippen LogP) is 1.99. The van der Waals surface area contributed by atoms with Crippen molar-refractivity contribution in [2.45, 2.75) is 25.9 Å². The lowest BCUT2D eigenvalue weighted by Crippen LogP contribution is -2.14. The molecule has 0 aromatic heterocycles. The standard InChI is InChI=1S/C13H21NO2/c1-11(7-9-15-2)16-13-5-3-4-12(10-13)6-8-14/h3-5,10-11H,6-9,14H2,1-2H3. The van der Waals surface area contributed by atoms with Gasteiger partial charge in [-0.25, -0.2) is 0 Å². The van der Waals surface area contributed by atoms with Crippen LogP contribution in [0.3, 0.4) is 0 Å². The van der Waals surface area contributed by atoms with Gasteiger partial charge in [-0.15, -0.1) is 0 Å². The molecule has 0 fully saturated rings. The third kappa shape index (κ3) is 4.64. The van der Waals surface area contributed by atoms with Gasteiger partial charge in [0.05, 0.1) is 6.10 Å². The Morgan fingerprint density at radius 1 is 1.38 bits per heavy atom. The quantitative estimate of drug-likeness (QED) is 0.769. The number of methoxy groups -OCH3 is 1. The van der Waals surface area contributed by atoms with Crippen LogP contribution in [0.5, 0.6) is 5.75 Å². The van der Waals surface area contributed by atoms with Crippen LogP contribution in [0, 0.1) is 0 Å². The largest absolute Gasteiger partial charge is 0.491 e. The van der Waals surface area contributed by atoms with Crippen LogP contribution in [0.4, 0.5) is 0 Å². The van der Waals surface area contributed by atoms with Crippen molar-refractivity contribution in [3.8, 4) is 5.75 Å². The van der Waals surface area contributed by atoms with Gasteiger partial charge < -0.3 is 15.2 Å². The van der Waals surface area contributed by atoms with E-state index in [0.29, 0.717) is 6.54 Å². The van der Waals surface area contributed by atoms with Gasteiger partial charge in [0.15, 0.2) is 0 Å². The third-order valence-corrected chi connectivity index (χ3v) is 2.40. The highest BCUT2D eigenvalue weighted by Gasteiger charge is 2.04. The molecule has 0 spiro atoms. The van der Waals surface area contributed by atoms with Crippen LogP contribution in [0.25, 0.3) is 0 Å². The van der Waals surface area contributed by atoms with Gasteiger partial charge in [0.2, 0.25) is 0 Å². The summed E-state index contributed by atoms with van der Waals surface area (Å²) < 4.78 is 10.8. The molecular weight excluding hydrogens is 202 g/mol. The van der Waals surface area contributed by atoms with Gasteiger partial charge in [-0.3, -0.25) is 0 Å². The van der Waals surface area contributed by atoms with Crippen molar-refractivity contribution in [1.29, 1.82) is 0 Å². The summed E-state index contributed by atoms with van der Waals surface area (Å²) >= 11 is 0. The number of ether oxygens (including phenoxy) is 2. The molecule has 0 heterocycles. The molecule has 0 amide bonds. The van der Waals surface area contributed by atoms with Crippen LogP contribution < -0.4 is 10.5 Å². The summed E-state index contributed by atoms with van der Waals surface area (Å²) in [7, 11) is 1.70. The van der Waals surface area contributed by atoms with Crippen molar-refractivity contribution in [3.63, 3.8) is 0 Å². The van der Waals surface area contributed by atoms with E-state index >= 15 is 0 Å². The molecule has 1 rings (SSSR count). The van der Waals surface area contributed by atoms with E-state index in [1.165, 1.54) is 5.56 Å². The third-order valence-electron chi connectivity index (χ3n) is 2.40. The highest BCUT2D eigenvalue weighted by molar-refractivity contribution is 5.28. The molecule has 1 aromatic carbocycles. The van der Waals surface area contributed by atoms with Crippen molar-refractivity contribution in [1.82, 2.24) is 0 Å². The Morgan fingerprint density at radius 3 is 2.88 bits per heavy atom. The summed E-state index contributed by atoms with van der Waals surface area (Å²) in [4.78, 5) is 0. The molecule has 0 aliphatic carbocycles. The average Bonchev–Trinajstić information content (AvgIpc) is 2.27. The Bertz CT molecular complexity index is 302. The van der Waals surface area contributed by atoms with E-state index in [-0.39, 0.29) is 6.10 Å². The summed E-state index contributed by atoms with van der Waals surface area (Å²) in [5.41, 5.74) is 6.74. The molecule has 0 saturated heterocycles. The molecule has 1 atom stereocenters. The van der Waals surface area contributed by atoms with Crippen LogP contribution >= 0.6 is 0 Å². The fraction of sp³-hybridized carbons (Fsp3) is 0.538. The summed E-state index contributed by atoms with van der Waals surface area (Å²) in [5, 5.41) is 0. The van der Waals surface area contributed by atoms with Gasteiger partial charge in [-0.2, -0.15) is 0 Å². The fourth-order valence-electron chi connectivity index (χ4n) is 1.52. The number of hydrogen-bond donors (Lipinski definition) is 1. The lowest BCUT2D eigenvalue weighted by molar-refractivity contribution is 0.135. The molecule has 3 heteroatoms. The molecule has 0 radical (unpaired) electrons. The number of rotatable bonds is 7. The maximum atomic E-state index is 5.78. The van der Waals surface area contributed by atoms with E-state index in [2.05, 4.69) is 19.1 Å². The SMILES string of the molecule is COCCC(C)Oc1cccc(CCN)c1. The second-order valence-corrected chi connectivity index (χ2v) is 3.90. The highest BCUT2D eigenvalue weighted by atomic mass is 16.5. The van der Waals surface area contributed by atoms with E-state index in [1.54, 1.807) is 7.11 Å². The summed E-state index contributed by atoms with van der Waals surface area (Å²) in [6, 6.07) is 8.10. The first kappa shape index (κ1) is 13.0. The van der Waals surface area contributed by atoms with E-state index in [1.807, 2.05) is 12.1 Å². The zero-order valence-corrected chi connectivity index (χ0v) is 10.1. The Balaban J connectivity index is 2.49. The van der Waals surface area contributed by atoms with Gasteiger partial charge in [0, 0.05) is 20.1 Å². The Kier molecular flexibility index (Phi) is 5.90. The molecule has 16 heavy (non-hydrogen) atoms. The maximum Gasteiger partial charge on any atom is 0.119 e. The van der Waals surface area contributed by atoms with Crippen molar-refractivity contribution < 1.29 is 9.47 Å². The van der Waals surface area contributed by atoms with Gasteiger partial charge in [0.25, 0.3) is 0 Å². The van der Waals surface area contributed by atoms with Crippen molar-refractivity contribution >= 4 is 0 Å². The van der Waals surface area contributed by atoms with Crippen LogP contribution in [0.15, 0.2) is 24.3 Å². The fourth-order valence-corrected chi connectivity index (χ4v) is 1.52. The number of benzene rings is 1. The first-order valence-electron chi connectivity index (χ1n) is 5.71. The normalized spacial score (nSPS) is 12.4. The van der Waals surface area contributed by atoms with Crippen LogP contribution in [-0.4, -0.2) is 26.4 Å². The van der Waals surface area contributed by atoms with Gasteiger partial charge in [0.1, 0.15) is 5.75 Å². The summed E-state index contributed by atoms with van der Waals surface area (Å²) in [6.07, 6.45) is 1.97. The lowest BCUT2D eigenvalue weighted by Gasteiger charge is -2.14. The maximum absolute atomic E-state index is 5.78. The molecule has 0 saturated carbocycles. The van der Waals surface area contributed by atoms with Crippen molar-refractivity contribution in [3.05, 3.63) is 29.8 Å². The van der Waals surface area contributed by atoms with E-state index < -0.39 is 0 Å². The average molecular weight is 223 g/mol. The van der Waals surface area contributed by atoms with Crippen molar-refractivity contribution in [2.75, 3.05) is 20.3 Å². The second kappa shape index (κ2) is 7.25. The molecule has 0 aliphatic rings. The van der Waals surface area contributed by atoms with E-state index in [4.69, 9.17) is 15.2 Å². The minimum absolute atomic E-state index is 0.174. The molecular formula is C13H21NO2. The Morgan fingerprint density at radius 2 is 2.19 bits per heavy atom. The van der Waals surface area contributed by atoms with Gasteiger partial charge in [-0.1, -0.05) is 12.1 Å². The van der Waals surface area contributed by atoms with Gasteiger partial charge >= 0.3 is 0 Å². The molecule has 2 N–H and O–H groups in total. The van der Waals surface area contributed by atoms with Crippen molar-refractivity contribution in [2.24, 2.45) is 5.73 Å². The van der Waals surface area contributed by atoms with Crippen LogP contribution in [0.2, 0.25) is 0 Å². The lowest BCUT2D eigenvalue weighted by atomic mass is 10.1.